The predicted molar refractivity (Wildman–Crippen MR) is 276 cm³/mol. The van der Waals surface area contributed by atoms with Gasteiger partial charge in [-0.3, -0.25) is 14.4 Å². The molecule has 0 aliphatic heterocycles. The van der Waals surface area contributed by atoms with Crippen LogP contribution in [-0.4, -0.2) is 93.6 Å². The van der Waals surface area contributed by atoms with Gasteiger partial charge >= 0.3 is 23.9 Å². The highest BCUT2D eigenvalue weighted by atomic mass is 16.6. The van der Waals surface area contributed by atoms with E-state index in [9.17, 15) is 34.5 Å². The van der Waals surface area contributed by atoms with Crippen molar-refractivity contribution in [3.63, 3.8) is 0 Å². The highest BCUT2D eigenvalue weighted by Crippen LogP contribution is 2.68. The Balaban J connectivity index is 1.08. The normalized spacial score (nSPS) is 33.9. The van der Waals surface area contributed by atoms with Crippen molar-refractivity contribution in [1.29, 1.82) is 0 Å². The lowest BCUT2D eigenvalue weighted by atomic mass is 9.44. The Morgan fingerprint density at radius 2 is 1.06 bits per heavy atom. The minimum atomic E-state index is -1.92. The number of fused-ring (bicyclic) bond motifs is 5. The van der Waals surface area contributed by atoms with Crippen molar-refractivity contribution in [2.45, 2.75) is 290 Å². The molecule has 0 spiro atoms. The Kier molecular flexibility index (Phi) is 24.9. The summed E-state index contributed by atoms with van der Waals surface area (Å²) in [6, 6.07) is 0. The fraction of sp³-hybridized carbons (Fsp3) is 0.932. The molecule has 5 rings (SSSR count). The van der Waals surface area contributed by atoms with E-state index in [1.54, 1.807) is 0 Å². The largest absolute Gasteiger partial charge is 0.481 e. The molecule has 5 aliphatic carbocycles. The molecule has 71 heavy (non-hydrogen) atoms. The number of aliphatic carboxylic acids is 1. The summed E-state index contributed by atoms with van der Waals surface area (Å²) in [6.07, 6.45) is 22.8. The highest BCUT2D eigenvalue weighted by Gasteiger charge is 2.61. The van der Waals surface area contributed by atoms with Gasteiger partial charge in [-0.15, -0.1) is 0 Å². The SMILES string of the molecule is CCCCCCCCCCCCCCCCCCCC(=O)O[C@@H]1[C@H](O)[C@@H](O)[C@H](O)[C@@H](OC(=O)CCC(=O)O)[C@@H]1OC(=O)CO[C@H]1CC[C@@]2(C)C(CCC3C2CC[C@@]2(C)C3CC[C@@H]2C(C)CCCC(C)C)C1. The number of carboxylic acid groups (broad SMARTS) is 1. The van der Waals surface area contributed by atoms with E-state index in [-0.39, 0.29) is 17.9 Å². The van der Waals surface area contributed by atoms with E-state index in [0.29, 0.717) is 23.7 Å². The first kappa shape index (κ1) is 59.6. The molecule has 0 saturated heterocycles. The molecule has 5 aliphatic rings. The monoisotopic (exact) mass is 1000 g/mol. The summed E-state index contributed by atoms with van der Waals surface area (Å²) in [7, 11) is 0. The zero-order valence-electron chi connectivity index (χ0n) is 45.5. The minimum Gasteiger partial charge on any atom is -0.481 e. The Morgan fingerprint density at radius 3 is 1.62 bits per heavy atom. The van der Waals surface area contributed by atoms with Crippen LogP contribution in [0.4, 0.5) is 0 Å². The van der Waals surface area contributed by atoms with E-state index in [4.69, 9.17) is 24.1 Å². The van der Waals surface area contributed by atoms with E-state index < -0.39 is 79.9 Å². The number of ether oxygens (including phenoxy) is 4. The van der Waals surface area contributed by atoms with Crippen molar-refractivity contribution < 1.29 is 58.6 Å². The standard InChI is InChI=1S/C59H102O12/c1-7-8-9-10-11-12-13-14-15-16-17-18-19-20-21-22-23-27-49(62)69-55-53(66)52(65)54(67)56(70-50(63)33-32-48(60)61)57(55)71-51(64)39-68-43-34-36-58(5)42(38-43)28-29-44-46-31-30-45(41(4)26-24-25-40(2)3)59(46,6)37-35-47(44)58/h40-47,52-57,65-67H,7-39H2,1-6H3,(H,60,61)/t41?,42?,43-,44?,45+,46?,47?,52+,53+,54-,55+,56+,57+,58-,59+/m0/s1. The van der Waals surface area contributed by atoms with E-state index in [1.165, 1.54) is 128 Å². The smallest absolute Gasteiger partial charge is 0.332 e. The third kappa shape index (κ3) is 17.1. The lowest BCUT2D eigenvalue weighted by molar-refractivity contribution is -0.249. The number of aliphatic hydroxyl groups excluding tert-OH is 3. The van der Waals surface area contributed by atoms with Gasteiger partial charge in [-0.1, -0.05) is 164 Å². The van der Waals surface area contributed by atoms with Gasteiger partial charge < -0.3 is 39.4 Å². The number of carboxylic acids is 1. The van der Waals surface area contributed by atoms with Gasteiger partial charge in [0.05, 0.1) is 18.9 Å². The molecule has 12 heteroatoms. The van der Waals surface area contributed by atoms with E-state index in [2.05, 4.69) is 41.5 Å². The molecule has 5 fully saturated rings. The molecule has 12 nitrogen and oxygen atoms in total. The molecular weight excluding hydrogens is 901 g/mol. The molecule has 0 aromatic heterocycles. The number of esters is 3. The van der Waals surface area contributed by atoms with Crippen LogP contribution in [0.25, 0.3) is 0 Å². The van der Waals surface area contributed by atoms with Gasteiger partial charge in [0.2, 0.25) is 0 Å². The zero-order chi connectivity index (χ0) is 51.6. The molecule has 0 heterocycles. The fourth-order valence-electron chi connectivity index (χ4n) is 15.0. The molecule has 0 aromatic carbocycles. The quantitative estimate of drug-likeness (QED) is 0.0284. The van der Waals surface area contributed by atoms with Crippen molar-refractivity contribution in [1.82, 2.24) is 0 Å². The zero-order valence-corrected chi connectivity index (χ0v) is 45.5. The van der Waals surface area contributed by atoms with Gasteiger partial charge in [-0.25, -0.2) is 4.79 Å². The minimum absolute atomic E-state index is 0.0228. The first-order chi connectivity index (χ1) is 34.0. The molecule has 0 aromatic rings. The molecule has 410 valence electrons. The fourth-order valence-corrected chi connectivity index (χ4v) is 15.0. The van der Waals surface area contributed by atoms with Gasteiger partial charge in [0, 0.05) is 6.42 Å². The third-order valence-electron chi connectivity index (χ3n) is 19.1. The molecule has 5 unspecified atom stereocenters. The summed E-state index contributed by atoms with van der Waals surface area (Å²) in [5.74, 6) is 1.30. The highest BCUT2D eigenvalue weighted by molar-refractivity contribution is 5.77. The maximum Gasteiger partial charge on any atom is 0.332 e. The number of carbonyl (C=O) groups excluding carboxylic acids is 3. The van der Waals surface area contributed by atoms with Gasteiger partial charge in [0.15, 0.2) is 18.3 Å². The lowest BCUT2D eigenvalue weighted by Gasteiger charge is -2.61. The van der Waals surface area contributed by atoms with Crippen molar-refractivity contribution in [2.75, 3.05) is 6.61 Å². The summed E-state index contributed by atoms with van der Waals surface area (Å²) in [5, 5.41) is 42.2. The second-order valence-electron chi connectivity index (χ2n) is 24.5. The maximum atomic E-state index is 13.7. The first-order valence-corrected chi connectivity index (χ1v) is 29.5. The topological polar surface area (TPSA) is 186 Å². The molecule has 5 saturated carbocycles. The van der Waals surface area contributed by atoms with Gasteiger partial charge in [0.25, 0.3) is 0 Å². The summed E-state index contributed by atoms with van der Waals surface area (Å²) in [4.78, 5) is 50.9. The van der Waals surface area contributed by atoms with Gasteiger partial charge in [-0.05, 0) is 116 Å². The first-order valence-electron chi connectivity index (χ1n) is 29.5. The number of rotatable bonds is 32. The summed E-state index contributed by atoms with van der Waals surface area (Å²) < 4.78 is 23.2. The molecule has 0 radical (unpaired) electrons. The molecular formula is C59H102O12. The Hall–Kier alpha value is -2.28. The van der Waals surface area contributed by atoms with Crippen LogP contribution in [0.2, 0.25) is 0 Å². The molecule has 15 atom stereocenters. The van der Waals surface area contributed by atoms with Crippen LogP contribution < -0.4 is 0 Å². The number of carbonyl (C=O) groups is 4. The van der Waals surface area contributed by atoms with Crippen molar-refractivity contribution in [3.05, 3.63) is 0 Å². The van der Waals surface area contributed by atoms with Crippen molar-refractivity contribution in [3.8, 4) is 0 Å². The number of hydrogen-bond acceptors (Lipinski definition) is 11. The molecule has 0 bridgehead atoms. The van der Waals surface area contributed by atoms with E-state index in [1.807, 2.05) is 0 Å². The van der Waals surface area contributed by atoms with Crippen LogP contribution >= 0.6 is 0 Å². The lowest BCUT2D eigenvalue weighted by Crippen LogP contribution is -2.66. The second-order valence-corrected chi connectivity index (χ2v) is 24.5. The van der Waals surface area contributed by atoms with Gasteiger partial charge in [-0.2, -0.15) is 0 Å². The Labute approximate surface area is 429 Å². The summed E-state index contributed by atoms with van der Waals surface area (Å²) >= 11 is 0. The Morgan fingerprint density at radius 1 is 0.535 bits per heavy atom. The van der Waals surface area contributed by atoms with E-state index in [0.717, 1.165) is 81.0 Å². The van der Waals surface area contributed by atoms with Crippen LogP contribution in [0.1, 0.15) is 247 Å². The van der Waals surface area contributed by atoms with Crippen LogP contribution in [0, 0.1) is 52.3 Å². The van der Waals surface area contributed by atoms with Gasteiger partial charge in [0.1, 0.15) is 24.9 Å². The number of unbranched alkanes of at least 4 members (excludes halogenated alkanes) is 16. The van der Waals surface area contributed by atoms with Crippen LogP contribution in [0.15, 0.2) is 0 Å². The van der Waals surface area contributed by atoms with Crippen LogP contribution in [0.5, 0.6) is 0 Å². The number of hydrogen-bond donors (Lipinski definition) is 4. The van der Waals surface area contributed by atoms with Crippen molar-refractivity contribution in [2.24, 2.45) is 52.3 Å². The summed E-state index contributed by atoms with van der Waals surface area (Å²) in [5.41, 5.74) is 0.657. The summed E-state index contributed by atoms with van der Waals surface area (Å²) in [6.45, 7) is 14.2. The predicted octanol–water partition coefficient (Wildman–Crippen LogP) is 12.2. The van der Waals surface area contributed by atoms with Crippen LogP contribution in [-0.2, 0) is 38.1 Å². The average molecular weight is 1000 g/mol. The second kappa shape index (κ2) is 29.7. The number of aliphatic hydroxyl groups is 3. The van der Waals surface area contributed by atoms with Crippen LogP contribution in [0.3, 0.4) is 0 Å². The average Bonchev–Trinajstić information content (AvgIpc) is 3.70. The van der Waals surface area contributed by atoms with E-state index >= 15 is 0 Å². The third-order valence-corrected chi connectivity index (χ3v) is 19.1. The molecule has 0 amide bonds. The Bertz CT molecular complexity index is 1600. The van der Waals surface area contributed by atoms with Crippen molar-refractivity contribution >= 4 is 23.9 Å². The molecule has 4 N–H and O–H groups in total. The maximum absolute atomic E-state index is 13.7.